The molecule has 18 heavy (non-hydrogen) atoms. The van der Waals surface area contributed by atoms with Gasteiger partial charge in [0.25, 0.3) is 0 Å². The van der Waals surface area contributed by atoms with Gasteiger partial charge in [0, 0.05) is 12.6 Å². The maximum Gasteiger partial charge on any atom is 0.0795 e. The van der Waals surface area contributed by atoms with Crippen molar-refractivity contribution in [2.45, 2.75) is 32.4 Å². The lowest BCUT2D eigenvalue weighted by molar-refractivity contribution is 0.0994. The van der Waals surface area contributed by atoms with Crippen molar-refractivity contribution in [3.05, 3.63) is 35.9 Å². The molecule has 0 radical (unpaired) electrons. The Hall–Kier alpha value is -0.900. The van der Waals surface area contributed by atoms with Crippen LogP contribution in [0.1, 0.15) is 26.3 Å². The van der Waals surface area contributed by atoms with Crippen LogP contribution in [0.2, 0.25) is 0 Å². The van der Waals surface area contributed by atoms with Crippen LogP contribution in [0.15, 0.2) is 30.3 Å². The molecule has 0 aliphatic heterocycles. The number of hydrogen-bond donors (Lipinski definition) is 2. The number of aliphatic hydroxyl groups excluding tert-OH is 1. The van der Waals surface area contributed by atoms with Crippen LogP contribution in [0.25, 0.3) is 0 Å². The molecule has 1 atom stereocenters. The summed E-state index contributed by atoms with van der Waals surface area (Å²) < 4.78 is 0. The quantitative estimate of drug-likeness (QED) is 0.775. The maximum absolute atomic E-state index is 9.87. The van der Waals surface area contributed by atoms with Crippen molar-refractivity contribution < 1.29 is 5.11 Å². The lowest BCUT2D eigenvalue weighted by Crippen LogP contribution is -2.53. The van der Waals surface area contributed by atoms with Crippen molar-refractivity contribution in [3.8, 4) is 0 Å². The Labute approximate surface area is 111 Å². The first kappa shape index (κ1) is 15.2. The molecular formula is C15H26N2O. The van der Waals surface area contributed by atoms with Crippen molar-refractivity contribution in [1.29, 1.82) is 0 Å². The third kappa shape index (κ3) is 3.31. The molecule has 0 bridgehead atoms. The van der Waals surface area contributed by atoms with Gasteiger partial charge >= 0.3 is 0 Å². The minimum Gasteiger partial charge on any atom is -0.394 e. The van der Waals surface area contributed by atoms with Crippen LogP contribution in [-0.4, -0.2) is 42.8 Å². The van der Waals surface area contributed by atoms with Gasteiger partial charge in [0.05, 0.1) is 12.1 Å². The second-order valence-corrected chi connectivity index (χ2v) is 5.01. The SMILES string of the molecule is CCN(CC(CO)(NC)c1ccccc1)C(C)C. The monoisotopic (exact) mass is 250 g/mol. The van der Waals surface area contributed by atoms with E-state index >= 15 is 0 Å². The van der Waals surface area contributed by atoms with Crippen LogP contribution in [0, 0.1) is 0 Å². The predicted molar refractivity (Wildman–Crippen MR) is 76.6 cm³/mol. The second-order valence-electron chi connectivity index (χ2n) is 5.01. The van der Waals surface area contributed by atoms with Gasteiger partial charge < -0.3 is 10.4 Å². The fourth-order valence-corrected chi connectivity index (χ4v) is 2.30. The number of nitrogens with one attached hydrogen (secondary N) is 1. The van der Waals surface area contributed by atoms with Gasteiger partial charge in [0.1, 0.15) is 0 Å². The summed E-state index contributed by atoms with van der Waals surface area (Å²) in [7, 11) is 1.91. The number of likely N-dealkylation sites (N-methyl/N-ethyl adjacent to an activating group) is 2. The van der Waals surface area contributed by atoms with Gasteiger partial charge in [0.2, 0.25) is 0 Å². The van der Waals surface area contributed by atoms with Crippen molar-refractivity contribution >= 4 is 0 Å². The summed E-state index contributed by atoms with van der Waals surface area (Å²) in [5.74, 6) is 0. The third-order valence-corrected chi connectivity index (χ3v) is 3.68. The van der Waals surface area contributed by atoms with Gasteiger partial charge in [-0.25, -0.2) is 0 Å². The number of nitrogens with zero attached hydrogens (tertiary/aromatic N) is 1. The van der Waals surface area contributed by atoms with E-state index in [1.54, 1.807) is 0 Å². The molecule has 0 amide bonds. The van der Waals surface area contributed by atoms with Crippen LogP contribution in [0.5, 0.6) is 0 Å². The maximum atomic E-state index is 9.87. The molecule has 3 heteroatoms. The van der Waals surface area contributed by atoms with Crippen molar-refractivity contribution in [2.75, 3.05) is 26.7 Å². The summed E-state index contributed by atoms with van der Waals surface area (Å²) in [6, 6.07) is 10.6. The van der Waals surface area contributed by atoms with E-state index in [9.17, 15) is 5.11 Å². The summed E-state index contributed by atoms with van der Waals surface area (Å²) in [6.07, 6.45) is 0. The van der Waals surface area contributed by atoms with E-state index in [-0.39, 0.29) is 12.1 Å². The Morgan fingerprint density at radius 3 is 2.28 bits per heavy atom. The Morgan fingerprint density at radius 1 is 1.28 bits per heavy atom. The van der Waals surface area contributed by atoms with E-state index < -0.39 is 0 Å². The van der Waals surface area contributed by atoms with Crippen molar-refractivity contribution in [3.63, 3.8) is 0 Å². The molecule has 0 saturated heterocycles. The Bertz CT molecular complexity index is 334. The molecule has 0 heterocycles. The highest BCUT2D eigenvalue weighted by Crippen LogP contribution is 2.22. The molecule has 0 aliphatic rings. The summed E-state index contributed by atoms with van der Waals surface area (Å²) in [4.78, 5) is 2.36. The third-order valence-electron chi connectivity index (χ3n) is 3.68. The standard InChI is InChI=1S/C15H26N2O/c1-5-17(13(2)3)11-15(12-18,16-4)14-9-7-6-8-10-14/h6-10,13,16,18H,5,11-12H2,1-4H3. The molecule has 0 fully saturated rings. The fraction of sp³-hybridized carbons (Fsp3) is 0.600. The van der Waals surface area contributed by atoms with E-state index in [0.29, 0.717) is 6.04 Å². The zero-order chi connectivity index (χ0) is 13.6. The zero-order valence-corrected chi connectivity index (χ0v) is 12.0. The van der Waals surface area contributed by atoms with Crippen LogP contribution in [-0.2, 0) is 5.54 Å². The molecule has 1 rings (SSSR count). The van der Waals surface area contributed by atoms with Crippen molar-refractivity contribution in [1.82, 2.24) is 10.2 Å². The predicted octanol–water partition coefficient (Wildman–Crippen LogP) is 1.82. The molecule has 0 saturated carbocycles. The molecular weight excluding hydrogens is 224 g/mol. The average Bonchev–Trinajstić information content (AvgIpc) is 2.41. The van der Waals surface area contributed by atoms with Gasteiger partial charge in [0.15, 0.2) is 0 Å². The number of hydrogen-bond acceptors (Lipinski definition) is 3. The Kier molecular flexibility index (Phi) is 5.79. The van der Waals surface area contributed by atoms with E-state index in [4.69, 9.17) is 0 Å². The number of rotatable bonds is 7. The summed E-state index contributed by atoms with van der Waals surface area (Å²) in [5, 5.41) is 13.2. The topological polar surface area (TPSA) is 35.5 Å². The first-order chi connectivity index (χ1) is 8.59. The fourth-order valence-electron chi connectivity index (χ4n) is 2.30. The van der Waals surface area contributed by atoms with Crippen molar-refractivity contribution in [2.24, 2.45) is 0 Å². The highest BCUT2D eigenvalue weighted by molar-refractivity contribution is 5.25. The smallest absolute Gasteiger partial charge is 0.0795 e. The first-order valence-electron chi connectivity index (χ1n) is 6.69. The van der Waals surface area contributed by atoms with Crippen LogP contribution >= 0.6 is 0 Å². The molecule has 0 spiro atoms. The molecule has 1 aromatic rings. The minimum atomic E-state index is -0.387. The van der Waals surface area contributed by atoms with Gasteiger partial charge in [-0.15, -0.1) is 0 Å². The van der Waals surface area contributed by atoms with E-state index in [0.717, 1.165) is 18.7 Å². The van der Waals surface area contributed by atoms with Crippen LogP contribution < -0.4 is 5.32 Å². The van der Waals surface area contributed by atoms with E-state index in [1.807, 2.05) is 25.2 Å². The molecule has 3 nitrogen and oxygen atoms in total. The van der Waals surface area contributed by atoms with Crippen LogP contribution in [0.4, 0.5) is 0 Å². The summed E-state index contributed by atoms with van der Waals surface area (Å²) >= 11 is 0. The zero-order valence-electron chi connectivity index (χ0n) is 12.0. The summed E-state index contributed by atoms with van der Waals surface area (Å²) in [6.45, 7) is 8.41. The van der Waals surface area contributed by atoms with Crippen LogP contribution in [0.3, 0.4) is 0 Å². The number of aliphatic hydroxyl groups is 1. The van der Waals surface area contributed by atoms with Gasteiger partial charge in [-0.3, -0.25) is 4.90 Å². The van der Waals surface area contributed by atoms with Gasteiger partial charge in [-0.05, 0) is 33.0 Å². The average molecular weight is 250 g/mol. The molecule has 1 unspecified atom stereocenters. The normalized spacial score (nSPS) is 15.1. The van der Waals surface area contributed by atoms with Gasteiger partial charge in [-0.2, -0.15) is 0 Å². The number of benzene rings is 1. The molecule has 1 aromatic carbocycles. The highest BCUT2D eigenvalue weighted by Gasteiger charge is 2.32. The largest absolute Gasteiger partial charge is 0.394 e. The Balaban J connectivity index is 3.00. The second kappa shape index (κ2) is 6.88. The van der Waals surface area contributed by atoms with E-state index in [1.165, 1.54) is 0 Å². The lowest BCUT2D eigenvalue weighted by Gasteiger charge is -2.38. The molecule has 0 aliphatic carbocycles. The summed E-state index contributed by atoms with van der Waals surface area (Å²) in [5.41, 5.74) is 0.746. The first-order valence-corrected chi connectivity index (χ1v) is 6.69. The molecule has 102 valence electrons. The Morgan fingerprint density at radius 2 is 1.89 bits per heavy atom. The van der Waals surface area contributed by atoms with Gasteiger partial charge in [-0.1, -0.05) is 37.3 Å². The molecule has 2 N–H and O–H groups in total. The minimum absolute atomic E-state index is 0.0940. The van der Waals surface area contributed by atoms with E-state index in [2.05, 4.69) is 43.1 Å². The molecule has 0 aromatic heterocycles. The highest BCUT2D eigenvalue weighted by atomic mass is 16.3. The lowest BCUT2D eigenvalue weighted by atomic mass is 9.89.